The minimum Gasteiger partial charge on any atom is -0.302 e. The van der Waals surface area contributed by atoms with Crippen LogP contribution in [0.3, 0.4) is 0 Å². The van der Waals surface area contributed by atoms with Crippen molar-refractivity contribution in [1.29, 1.82) is 0 Å². The van der Waals surface area contributed by atoms with E-state index in [0.717, 1.165) is 10.4 Å². The van der Waals surface area contributed by atoms with Gasteiger partial charge in [0.2, 0.25) is 5.91 Å². The van der Waals surface area contributed by atoms with Crippen LogP contribution in [0, 0.1) is 0 Å². The first-order chi connectivity index (χ1) is 9.58. The van der Waals surface area contributed by atoms with Gasteiger partial charge in [0.25, 0.3) is 0 Å². The summed E-state index contributed by atoms with van der Waals surface area (Å²) in [6.07, 6.45) is 2.71. The zero-order valence-electron chi connectivity index (χ0n) is 10.3. The van der Waals surface area contributed by atoms with E-state index >= 15 is 0 Å². The molecular formula is C13H11Cl3N2OS. The summed E-state index contributed by atoms with van der Waals surface area (Å²) in [5.41, 5.74) is 1.04. The fourth-order valence-electron chi connectivity index (χ4n) is 1.57. The number of rotatable bonds is 5. The Morgan fingerprint density at radius 1 is 1.30 bits per heavy atom. The third-order valence-electron chi connectivity index (χ3n) is 2.48. The maximum Gasteiger partial charge on any atom is 0.227 e. The second-order valence-electron chi connectivity index (χ2n) is 4.04. The van der Waals surface area contributed by atoms with Gasteiger partial charge in [0.1, 0.15) is 0 Å². The zero-order valence-corrected chi connectivity index (χ0v) is 13.4. The van der Waals surface area contributed by atoms with Crippen molar-refractivity contribution < 1.29 is 4.79 Å². The predicted molar refractivity (Wildman–Crippen MR) is 85.3 cm³/mol. The molecule has 0 unspecified atom stereocenters. The van der Waals surface area contributed by atoms with Crippen LogP contribution in [-0.2, 0) is 11.2 Å². The Morgan fingerprint density at radius 3 is 2.80 bits per heavy atom. The number of alkyl halides is 1. The number of hydrogen-bond donors (Lipinski definition) is 1. The molecular weight excluding hydrogens is 339 g/mol. The van der Waals surface area contributed by atoms with Crippen LogP contribution in [0.25, 0.3) is 0 Å². The maximum absolute atomic E-state index is 11.4. The highest BCUT2D eigenvalue weighted by Crippen LogP contribution is 2.26. The topological polar surface area (TPSA) is 42.0 Å². The molecule has 2 rings (SSSR count). The largest absolute Gasteiger partial charge is 0.302 e. The number of carbonyl (C=O) groups excluding carboxylic acids is 1. The SMILES string of the molecule is O=C(CCCl)Nc1ncc(Cc2ccc(Cl)c(Cl)c2)s1. The van der Waals surface area contributed by atoms with Gasteiger partial charge in [-0.1, -0.05) is 29.3 Å². The van der Waals surface area contributed by atoms with E-state index in [1.165, 1.54) is 11.3 Å². The number of carbonyl (C=O) groups is 1. The molecule has 0 bridgehead atoms. The van der Waals surface area contributed by atoms with E-state index in [4.69, 9.17) is 34.8 Å². The van der Waals surface area contributed by atoms with Crippen LogP contribution < -0.4 is 5.32 Å². The van der Waals surface area contributed by atoms with Crippen molar-refractivity contribution in [3.05, 3.63) is 44.9 Å². The van der Waals surface area contributed by atoms with Crippen molar-refractivity contribution in [3.63, 3.8) is 0 Å². The van der Waals surface area contributed by atoms with Gasteiger partial charge in [0, 0.05) is 29.8 Å². The Labute approximate surface area is 135 Å². The second-order valence-corrected chi connectivity index (χ2v) is 6.35. The molecule has 3 nitrogen and oxygen atoms in total. The smallest absolute Gasteiger partial charge is 0.227 e. The quantitative estimate of drug-likeness (QED) is 0.801. The van der Waals surface area contributed by atoms with Gasteiger partial charge < -0.3 is 5.32 Å². The highest BCUT2D eigenvalue weighted by molar-refractivity contribution is 7.15. The molecule has 0 radical (unpaired) electrons. The Morgan fingerprint density at radius 2 is 2.10 bits per heavy atom. The summed E-state index contributed by atoms with van der Waals surface area (Å²) in [6.45, 7) is 0. The molecule has 1 aromatic heterocycles. The lowest BCUT2D eigenvalue weighted by Gasteiger charge is -2.01. The van der Waals surface area contributed by atoms with Crippen LogP contribution in [0.15, 0.2) is 24.4 Å². The molecule has 0 aliphatic heterocycles. The van der Waals surface area contributed by atoms with Crippen molar-refractivity contribution in [3.8, 4) is 0 Å². The van der Waals surface area contributed by atoms with Crippen LogP contribution in [-0.4, -0.2) is 16.8 Å². The molecule has 1 N–H and O–H groups in total. The fourth-order valence-corrected chi connectivity index (χ4v) is 2.92. The molecule has 0 aliphatic carbocycles. The van der Waals surface area contributed by atoms with E-state index in [9.17, 15) is 4.79 Å². The molecule has 0 saturated carbocycles. The molecule has 1 heterocycles. The molecule has 0 atom stereocenters. The highest BCUT2D eigenvalue weighted by atomic mass is 35.5. The van der Waals surface area contributed by atoms with Crippen LogP contribution in [0.2, 0.25) is 10.0 Å². The average Bonchev–Trinajstić information content (AvgIpc) is 2.81. The highest BCUT2D eigenvalue weighted by Gasteiger charge is 2.07. The lowest BCUT2D eigenvalue weighted by molar-refractivity contribution is -0.115. The summed E-state index contributed by atoms with van der Waals surface area (Å²) in [5, 5.41) is 4.35. The van der Waals surface area contributed by atoms with Crippen molar-refractivity contribution in [2.75, 3.05) is 11.2 Å². The number of nitrogens with zero attached hydrogens (tertiary/aromatic N) is 1. The minimum atomic E-state index is -0.129. The summed E-state index contributed by atoms with van der Waals surface area (Å²) in [7, 11) is 0. The fraction of sp³-hybridized carbons (Fsp3) is 0.231. The molecule has 1 aromatic carbocycles. The zero-order chi connectivity index (χ0) is 14.5. The maximum atomic E-state index is 11.4. The standard InChI is InChI=1S/C13H11Cl3N2OS/c14-4-3-12(19)18-13-17-7-9(20-13)5-8-1-2-10(15)11(16)6-8/h1-2,6-7H,3-5H2,(H,17,18,19). The van der Waals surface area contributed by atoms with Crippen LogP contribution in [0.1, 0.15) is 16.9 Å². The molecule has 106 valence electrons. The van der Waals surface area contributed by atoms with E-state index in [1.54, 1.807) is 12.3 Å². The average molecular weight is 350 g/mol. The first-order valence-electron chi connectivity index (χ1n) is 5.83. The molecule has 0 fully saturated rings. The lowest BCUT2D eigenvalue weighted by atomic mass is 10.1. The molecule has 20 heavy (non-hydrogen) atoms. The number of amides is 1. The summed E-state index contributed by atoms with van der Waals surface area (Å²) in [4.78, 5) is 16.6. The molecule has 0 spiro atoms. The number of nitrogens with one attached hydrogen (secondary N) is 1. The molecule has 7 heteroatoms. The van der Waals surface area contributed by atoms with Crippen molar-refractivity contribution in [2.24, 2.45) is 0 Å². The van der Waals surface area contributed by atoms with Gasteiger partial charge >= 0.3 is 0 Å². The van der Waals surface area contributed by atoms with Gasteiger partial charge in [-0.05, 0) is 17.7 Å². The summed E-state index contributed by atoms with van der Waals surface area (Å²) in [6, 6.07) is 5.51. The third-order valence-corrected chi connectivity index (χ3v) is 4.32. The van der Waals surface area contributed by atoms with E-state index in [0.29, 0.717) is 27.5 Å². The van der Waals surface area contributed by atoms with Crippen LogP contribution in [0.4, 0.5) is 5.13 Å². The first kappa shape index (κ1) is 15.6. The van der Waals surface area contributed by atoms with Crippen molar-refractivity contribution in [2.45, 2.75) is 12.8 Å². The monoisotopic (exact) mass is 348 g/mol. The van der Waals surface area contributed by atoms with Gasteiger partial charge in [-0.2, -0.15) is 0 Å². The third kappa shape index (κ3) is 4.35. The van der Waals surface area contributed by atoms with Crippen molar-refractivity contribution >= 4 is 57.2 Å². The Kier molecular flexibility index (Phi) is 5.66. The Hall–Kier alpha value is -0.810. The molecule has 2 aromatic rings. The molecule has 0 aliphatic rings. The number of halogens is 3. The van der Waals surface area contributed by atoms with Gasteiger partial charge in [-0.15, -0.1) is 22.9 Å². The van der Waals surface area contributed by atoms with Gasteiger partial charge in [-0.25, -0.2) is 4.98 Å². The number of anilines is 1. The van der Waals surface area contributed by atoms with Crippen LogP contribution in [0.5, 0.6) is 0 Å². The van der Waals surface area contributed by atoms with Gasteiger partial charge in [0.15, 0.2) is 5.13 Å². The summed E-state index contributed by atoms with van der Waals surface area (Å²) >= 11 is 18.8. The predicted octanol–water partition coefficient (Wildman–Crippen LogP) is 4.61. The normalized spacial score (nSPS) is 10.6. The lowest BCUT2D eigenvalue weighted by Crippen LogP contribution is -2.11. The van der Waals surface area contributed by atoms with Gasteiger partial charge in [0.05, 0.1) is 10.0 Å². The van der Waals surface area contributed by atoms with E-state index in [1.807, 2.05) is 12.1 Å². The van der Waals surface area contributed by atoms with E-state index in [2.05, 4.69) is 10.3 Å². The molecule has 0 saturated heterocycles. The summed E-state index contributed by atoms with van der Waals surface area (Å²) < 4.78 is 0. The minimum absolute atomic E-state index is 0.129. The van der Waals surface area contributed by atoms with Crippen molar-refractivity contribution in [1.82, 2.24) is 4.98 Å². The van der Waals surface area contributed by atoms with E-state index in [-0.39, 0.29) is 12.3 Å². The second kappa shape index (κ2) is 7.27. The first-order valence-corrected chi connectivity index (χ1v) is 7.93. The number of aromatic nitrogens is 1. The number of hydrogen-bond acceptors (Lipinski definition) is 3. The van der Waals surface area contributed by atoms with Gasteiger partial charge in [-0.3, -0.25) is 4.79 Å². The van der Waals surface area contributed by atoms with E-state index < -0.39 is 0 Å². The number of thiazole rings is 1. The number of benzene rings is 1. The Bertz CT molecular complexity index is 615. The summed E-state index contributed by atoms with van der Waals surface area (Å²) in [5.74, 6) is 0.170. The molecule has 1 amide bonds. The Balaban J connectivity index is 2.02. The van der Waals surface area contributed by atoms with Crippen LogP contribution >= 0.6 is 46.1 Å².